The molecular weight excluding hydrogens is 398 g/mol. The molecular formula is C27H31N3O2. The highest BCUT2D eigenvalue weighted by Gasteiger charge is 2.23. The van der Waals surface area contributed by atoms with E-state index < -0.39 is 0 Å². The Morgan fingerprint density at radius 1 is 0.875 bits per heavy atom. The fourth-order valence-corrected chi connectivity index (χ4v) is 4.31. The number of carbonyl (C=O) groups excluding carboxylic acids is 1. The van der Waals surface area contributed by atoms with E-state index in [2.05, 4.69) is 22.0 Å². The molecule has 5 heteroatoms. The van der Waals surface area contributed by atoms with E-state index in [0.717, 1.165) is 55.2 Å². The number of carbonyl (C=O) groups is 1. The Morgan fingerprint density at radius 3 is 1.94 bits per heavy atom. The minimum absolute atomic E-state index is 0.0529. The molecule has 4 rings (SSSR count). The van der Waals surface area contributed by atoms with Gasteiger partial charge in [0.15, 0.2) is 0 Å². The first-order valence-electron chi connectivity index (χ1n) is 11.2. The van der Waals surface area contributed by atoms with Crippen LogP contribution in [0.3, 0.4) is 0 Å². The largest absolute Gasteiger partial charge is 0.359 e. The van der Waals surface area contributed by atoms with E-state index in [0.29, 0.717) is 0 Å². The van der Waals surface area contributed by atoms with E-state index in [1.54, 1.807) is 0 Å². The van der Waals surface area contributed by atoms with Gasteiger partial charge in [0.05, 0.1) is 0 Å². The molecule has 0 spiro atoms. The lowest BCUT2D eigenvalue weighted by molar-refractivity contribution is -0.139. The summed E-state index contributed by atoms with van der Waals surface area (Å²) in [6, 6.07) is 24.5. The average Bonchev–Trinajstić information content (AvgIpc) is 2.80. The van der Waals surface area contributed by atoms with Gasteiger partial charge in [0.1, 0.15) is 12.7 Å². The molecule has 3 aromatic rings. The van der Waals surface area contributed by atoms with Crippen molar-refractivity contribution in [2.45, 2.75) is 26.5 Å². The number of hydrogen-bond donors (Lipinski definition) is 0. The monoisotopic (exact) mass is 429 g/mol. The summed E-state index contributed by atoms with van der Waals surface area (Å²) in [6.07, 6.45) is -0.249. The molecule has 0 aliphatic carbocycles. The van der Waals surface area contributed by atoms with Gasteiger partial charge in [-0.15, -0.1) is 0 Å². The van der Waals surface area contributed by atoms with E-state index >= 15 is 0 Å². The third-order valence-corrected chi connectivity index (χ3v) is 5.85. The van der Waals surface area contributed by atoms with Crippen molar-refractivity contribution in [3.8, 4) is 0 Å². The van der Waals surface area contributed by atoms with Crippen molar-refractivity contribution < 1.29 is 9.53 Å². The second-order valence-electron chi connectivity index (χ2n) is 8.43. The first kappa shape index (κ1) is 22.2. The molecule has 1 amide bonds. The number of hydrogen-bond acceptors (Lipinski definition) is 4. The van der Waals surface area contributed by atoms with Crippen LogP contribution in [0.4, 0.5) is 0 Å². The van der Waals surface area contributed by atoms with Crippen LogP contribution in [0.15, 0.2) is 72.8 Å². The molecule has 1 aliphatic heterocycles. The number of nitrogens with zero attached hydrogens (tertiary/aromatic N) is 3. The van der Waals surface area contributed by atoms with Gasteiger partial charge in [0.25, 0.3) is 0 Å². The summed E-state index contributed by atoms with van der Waals surface area (Å²) in [4.78, 5) is 21.7. The first-order valence-corrected chi connectivity index (χ1v) is 11.2. The van der Waals surface area contributed by atoms with Gasteiger partial charge in [-0.1, -0.05) is 60.7 Å². The van der Waals surface area contributed by atoms with Crippen molar-refractivity contribution >= 4 is 5.91 Å². The third-order valence-electron chi connectivity index (χ3n) is 5.85. The lowest BCUT2D eigenvalue weighted by Gasteiger charge is -2.35. The van der Waals surface area contributed by atoms with Gasteiger partial charge in [0.2, 0.25) is 5.91 Å². The number of ether oxygens (including phenoxy) is 1. The Morgan fingerprint density at radius 2 is 1.41 bits per heavy atom. The fourth-order valence-electron chi connectivity index (χ4n) is 4.31. The summed E-state index contributed by atoms with van der Waals surface area (Å²) >= 11 is 0. The Hall–Kier alpha value is -3.02. The summed E-state index contributed by atoms with van der Waals surface area (Å²) in [7, 11) is 0. The van der Waals surface area contributed by atoms with Crippen molar-refractivity contribution in [1.82, 2.24) is 14.8 Å². The van der Waals surface area contributed by atoms with Crippen LogP contribution in [-0.2, 0) is 16.1 Å². The highest BCUT2D eigenvalue weighted by atomic mass is 16.5. The van der Waals surface area contributed by atoms with Gasteiger partial charge in [-0.3, -0.25) is 14.7 Å². The van der Waals surface area contributed by atoms with Crippen LogP contribution in [0.5, 0.6) is 0 Å². The zero-order valence-corrected chi connectivity index (χ0v) is 18.9. The Bertz CT molecular complexity index is 956. The maximum absolute atomic E-state index is 12.9. The minimum Gasteiger partial charge on any atom is -0.359 e. The van der Waals surface area contributed by atoms with Gasteiger partial charge in [0, 0.05) is 44.1 Å². The van der Waals surface area contributed by atoms with Gasteiger partial charge in [-0.05, 0) is 42.7 Å². The minimum atomic E-state index is -0.249. The molecule has 32 heavy (non-hydrogen) atoms. The van der Waals surface area contributed by atoms with Gasteiger partial charge < -0.3 is 9.64 Å². The third kappa shape index (κ3) is 5.81. The van der Waals surface area contributed by atoms with Crippen molar-refractivity contribution in [3.05, 3.63) is 101 Å². The molecule has 2 heterocycles. The molecule has 0 radical (unpaired) electrons. The quantitative estimate of drug-likeness (QED) is 0.566. The molecule has 1 aromatic heterocycles. The van der Waals surface area contributed by atoms with Crippen LogP contribution in [0.25, 0.3) is 0 Å². The summed E-state index contributed by atoms with van der Waals surface area (Å²) in [5.41, 5.74) is 5.50. The number of rotatable bonds is 7. The second-order valence-corrected chi connectivity index (χ2v) is 8.43. The standard InChI is InChI=1S/C27H31N3O2/c1-21-17-23(18-22(2)28-21)19-29-13-15-30(16-14-29)26(31)20-32-27(24-9-5-3-6-10-24)25-11-7-4-8-12-25/h3-12,17-18,27H,13-16,19-20H2,1-2H3. The van der Waals surface area contributed by atoms with Crippen molar-refractivity contribution in [1.29, 1.82) is 0 Å². The van der Waals surface area contributed by atoms with Gasteiger partial charge in [-0.2, -0.15) is 0 Å². The number of amides is 1. The predicted octanol–water partition coefficient (Wildman–Crippen LogP) is 4.15. The molecule has 5 nitrogen and oxygen atoms in total. The maximum atomic E-state index is 12.9. The number of aryl methyl sites for hydroxylation is 2. The lowest BCUT2D eigenvalue weighted by atomic mass is 10.0. The number of pyridine rings is 1. The summed E-state index contributed by atoms with van der Waals surface area (Å²) in [5, 5.41) is 0. The fraction of sp³-hybridized carbons (Fsp3) is 0.333. The highest BCUT2D eigenvalue weighted by Crippen LogP contribution is 2.25. The number of aromatic nitrogens is 1. The zero-order chi connectivity index (χ0) is 22.3. The average molecular weight is 430 g/mol. The van der Waals surface area contributed by atoms with Crippen LogP contribution in [-0.4, -0.2) is 53.5 Å². The summed E-state index contributed by atoms with van der Waals surface area (Å²) in [6.45, 7) is 8.24. The van der Waals surface area contributed by atoms with Gasteiger partial charge in [-0.25, -0.2) is 0 Å². The molecule has 0 saturated carbocycles. The molecule has 166 valence electrons. The molecule has 0 N–H and O–H groups in total. The Kier molecular flexibility index (Phi) is 7.30. The van der Waals surface area contributed by atoms with Crippen molar-refractivity contribution in [2.75, 3.05) is 32.8 Å². The van der Waals surface area contributed by atoms with E-state index in [9.17, 15) is 4.79 Å². The molecule has 2 aromatic carbocycles. The molecule has 1 aliphatic rings. The van der Waals surface area contributed by atoms with Crippen molar-refractivity contribution in [2.24, 2.45) is 0 Å². The van der Waals surface area contributed by atoms with Crippen molar-refractivity contribution in [3.63, 3.8) is 0 Å². The van der Waals surface area contributed by atoms with E-state index in [-0.39, 0.29) is 18.6 Å². The smallest absolute Gasteiger partial charge is 0.248 e. The van der Waals surface area contributed by atoms with Crippen LogP contribution in [0.2, 0.25) is 0 Å². The molecule has 0 bridgehead atoms. The molecule has 0 unspecified atom stereocenters. The first-order chi connectivity index (χ1) is 15.6. The SMILES string of the molecule is Cc1cc(CN2CCN(C(=O)COC(c3ccccc3)c3ccccc3)CC2)cc(C)n1. The summed E-state index contributed by atoms with van der Waals surface area (Å²) in [5.74, 6) is 0.0529. The van der Waals surface area contributed by atoms with Gasteiger partial charge >= 0.3 is 0 Å². The topological polar surface area (TPSA) is 45.7 Å². The Balaban J connectivity index is 1.32. The predicted molar refractivity (Wildman–Crippen MR) is 126 cm³/mol. The number of benzene rings is 2. The van der Waals surface area contributed by atoms with E-state index in [4.69, 9.17) is 4.74 Å². The van der Waals surface area contributed by atoms with Crippen LogP contribution in [0.1, 0.15) is 34.2 Å². The normalized spacial score (nSPS) is 14.7. The molecule has 0 atom stereocenters. The van der Waals surface area contributed by atoms with E-state index in [1.165, 1.54) is 5.56 Å². The number of piperazine rings is 1. The maximum Gasteiger partial charge on any atom is 0.248 e. The van der Waals surface area contributed by atoms with Crippen LogP contribution < -0.4 is 0 Å². The molecule has 1 saturated heterocycles. The Labute approximate surface area is 190 Å². The summed E-state index contributed by atoms with van der Waals surface area (Å²) < 4.78 is 6.17. The lowest BCUT2D eigenvalue weighted by Crippen LogP contribution is -2.49. The van der Waals surface area contributed by atoms with E-state index in [1.807, 2.05) is 79.4 Å². The zero-order valence-electron chi connectivity index (χ0n) is 18.9. The van der Waals surface area contributed by atoms with Crippen LogP contribution in [0, 0.1) is 13.8 Å². The molecule has 1 fully saturated rings. The van der Waals surface area contributed by atoms with Crippen LogP contribution >= 0.6 is 0 Å². The highest BCUT2D eigenvalue weighted by molar-refractivity contribution is 5.77. The second kappa shape index (κ2) is 10.5.